The molecule has 0 bridgehead atoms. The minimum Gasteiger partial charge on any atom is -0.462 e. The van der Waals surface area contributed by atoms with Crippen LogP contribution < -0.4 is 5.32 Å². The maximum absolute atomic E-state index is 13.8. The second-order valence-electron chi connectivity index (χ2n) is 16.5. The molecule has 0 spiro atoms. The normalized spacial score (nSPS) is 19.0. The number of hydrogen-bond acceptors (Lipinski definition) is 12. The summed E-state index contributed by atoms with van der Waals surface area (Å²) in [4.78, 5) is 52.5. The van der Waals surface area contributed by atoms with Crippen molar-refractivity contribution in [2.24, 2.45) is 0 Å². The van der Waals surface area contributed by atoms with Crippen molar-refractivity contribution < 1.29 is 57.4 Å². The molecule has 1 aliphatic rings. The number of halogens is 3. The zero-order chi connectivity index (χ0) is 46.8. The third-order valence-corrected chi connectivity index (χ3v) is 11.2. The van der Waals surface area contributed by atoms with Crippen molar-refractivity contribution in [1.29, 1.82) is 0 Å². The second-order valence-corrected chi connectivity index (χ2v) is 19.0. The zero-order valence-electron chi connectivity index (χ0n) is 38.3. The lowest BCUT2D eigenvalue weighted by Gasteiger charge is -2.43. The molecular formula is C48H76Cl3NO12. The van der Waals surface area contributed by atoms with Gasteiger partial charge in [-0.15, -0.1) is 6.58 Å². The van der Waals surface area contributed by atoms with Crippen LogP contribution >= 0.6 is 34.8 Å². The molecule has 0 unspecified atom stereocenters. The summed E-state index contributed by atoms with van der Waals surface area (Å²) in [5, 5.41) is 14.1. The van der Waals surface area contributed by atoms with Crippen molar-refractivity contribution in [3.63, 3.8) is 0 Å². The molecule has 1 saturated heterocycles. The fourth-order valence-electron chi connectivity index (χ4n) is 7.34. The average molecular weight is 965 g/mol. The highest BCUT2D eigenvalue weighted by Gasteiger charge is 2.50. The lowest BCUT2D eigenvalue weighted by molar-refractivity contribution is -0.271. The van der Waals surface area contributed by atoms with E-state index in [1.165, 1.54) is 83.1 Å². The number of aliphatic hydroxyl groups is 1. The summed E-state index contributed by atoms with van der Waals surface area (Å²) in [6, 6.07) is 7.57. The fourth-order valence-corrected chi connectivity index (χ4v) is 7.50. The van der Waals surface area contributed by atoms with E-state index in [4.69, 9.17) is 68.0 Å². The van der Waals surface area contributed by atoms with E-state index < -0.39 is 72.0 Å². The molecule has 6 atom stereocenters. The minimum atomic E-state index is -1.93. The summed E-state index contributed by atoms with van der Waals surface area (Å²) in [5.41, 5.74) is 0.727. The molecule has 0 radical (unpaired) electrons. The molecule has 1 aliphatic heterocycles. The number of amides is 1. The largest absolute Gasteiger partial charge is 0.508 e. The summed E-state index contributed by atoms with van der Waals surface area (Å²) in [7, 11) is 0. The van der Waals surface area contributed by atoms with Gasteiger partial charge in [0.15, 0.2) is 12.4 Å². The highest BCUT2D eigenvalue weighted by atomic mass is 35.6. The van der Waals surface area contributed by atoms with E-state index >= 15 is 0 Å². The highest BCUT2D eigenvalue weighted by Crippen LogP contribution is 2.29. The molecular weight excluding hydrogens is 889 g/mol. The molecule has 1 heterocycles. The van der Waals surface area contributed by atoms with Crippen molar-refractivity contribution in [3.8, 4) is 0 Å². The van der Waals surface area contributed by atoms with Crippen LogP contribution in [0.3, 0.4) is 0 Å². The summed E-state index contributed by atoms with van der Waals surface area (Å²) in [6.07, 6.45) is 15.4. The quantitative estimate of drug-likeness (QED) is 0.0218. The van der Waals surface area contributed by atoms with Crippen LogP contribution in [0, 0.1) is 0 Å². The molecule has 0 aliphatic carbocycles. The number of benzene rings is 1. The Morgan fingerprint density at radius 2 is 1.34 bits per heavy atom. The van der Waals surface area contributed by atoms with Gasteiger partial charge in [-0.3, -0.25) is 9.59 Å². The molecule has 2 N–H and O–H groups in total. The predicted octanol–water partition coefficient (Wildman–Crippen LogP) is 11.9. The van der Waals surface area contributed by atoms with Gasteiger partial charge >= 0.3 is 24.2 Å². The number of aliphatic hydroxyl groups excluding tert-OH is 1. The Balaban J connectivity index is 2.15. The molecule has 366 valence electrons. The highest BCUT2D eigenvalue weighted by molar-refractivity contribution is 6.67. The van der Waals surface area contributed by atoms with Crippen molar-refractivity contribution in [2.75, 3.05) is 19.8 Å². The Morgan fingerprint density at radius 3 is 1.91 bits per heavy atom. The predicted molar refractivity (Wildman–Crippen MR) is 249 cm³/mol. The summed E-state index contributed by atoms with van der Waals surface area (Å²) < 4.78 is 37.2. The standard InChI is InChI=1S/C48H76Cl3NO12/c1-4-7-9-11-13-15-16-18-20-22-27-31-40(53)62-38(30-26-21-19-17-14-12-10-8-5-2)33-41(54)64-44-42(52-46(56)61-36-48(49,50)51)45(58-32-6-3)63-39(43(44)55)35-60-47(57)59-34-37-28-24-23-25-29-37/h6,23-25,28-29,38-39,42-45,55H,3-5,7-22,26-27,30-36H2,1-2H3,(H,52,56)/t38-,39-,42-,43-,44-,45+/m1/s1. The Bertz CT molecular complexity index is 1420. The van der Waals surface area contributed by atoms with Crippen LogP contribution in [0.15, 0.2) is 43.0 Å². The van der Waals surface area contributed by atoms with Crippen LogP contribution in [-0.4, -0.2) is 89.7 Å². The number of carbonyl (C=O) groups is 4. The van der Waals surface area contributed by atoms with E-state index in [2.05, 4.69) is 25.7 Å². The topological polar surface area (TPSA) is 165 Å². The van der Waals surface area contributed by atoms with Crippen molar-refractivity contribution in [3.05, 3.63) is 48.6 Å². The molecule has 13 nitrogen and oxygen atoms in total. The van der Waals surface area contributed by atoms with E-state index in [9.17, 15) is 24.3 Å². The van der Waals surface area contributed by atoms with Crippen LogP contribution in [0.25, 0.3) is 0 Å². The SMILES string of the molecule is C=CCO[C@H]1O[C@H](COC(=O)OCc2ccccc2)[C@@H](O)[C@H](OC(=O)C[C@@H](CCCCCCCCCCC)OC(=O)CCCCCCCCCCCCC)[C@H]1NC(=O)OCC(Cl)(Cl)Cl. The van der Waals surface area contributed by atoms with Crippen molar-refractivity contribution in [2.45, 2.75) is 209 Å². The minimum absolute atomic E-state index is 0.0640. The van der Waals surface area contributed by atoms with Crippen LogP contribution in [0.2, 0.25) is 0 Å². The van der Waals surface area contributed by atoms with Gasteiger partial charge < -0.3 is 43.6 Å². The number of nitrogens with one attached hydrogen (secondary N) is 1. The lowest BCUT2D eigenvalue weighted by atomic mass is 9.96. The molecule has 2 rings (SSSR count). The van der Waals surface area contributed by atoms with Crippen LogP contribution in [0.4, 0.5) is 9.59 Å². The Morgan fingerprint density at radius 1 is 0.781 bits per heavy atom. The van der Waals surface area contributed by atoms with Gasteiger partial charge in [0.2, 0.25) is 3.79 Å². The number of alkyl halides is 3. The van der Waals surface area contributed by atoms with Gasteiger partial charge in [0.25, 0.3) is 0 Å². The number of unbranched alkanes of at least 4 members (excludes halogenated alkanes) is 18. The van der Waals surface area contributed by atoms with Gasteiger partial charge in [-0.1, -0.05) is 201 Å². The van der Waals surface area contributed by atoms with Gasteiger partial charge in [-0.2, -0.15) is 0 Å². The second kappa shape index (κ2) is 35.4. The van der Waals surface area contributed by atoms with Crippen LogP contribution in [0.5, 0.6) is 0 Å². The average Bonchev–Trinajstić information content (AvgIpc) is 3.26. The number of hydrogen-bond donors (Lipinski definition) is 2. The molecule has 1 aromatic carbocycles. The van der Waals surface area contributed by atoms with Gasteiger partial charge in [0, 0.05) is 6.42 Å². The van der Waals surface area contributed by atoms with Crippen LogP contribution in [-0.2, 0) is 49.4 Å². The molecule has 1 fully saturated rings. The van der Waals surface area contributed by atoms with E-state index in [-0.39, 0.29) is 32.0 Å². The molecule has 0 aromatic heterocycles. The number of rotatable bonds is 35. The first-order valence-electron chi connectivity index (χ1n) is 23.6. The molecule has 64 heavy (non-hydrogen) atoms. The van der Waals surface area contributed by atoms with E-state index in [0.29, 0.717) is 12.8 Å². The smallest absolute Gasteiger partial charge is 0.462 e. The van der Waals surface area contributed by atoms with E-state index in [0.717, 1.165) is 50.5 Å². The van der Waals surface area contributed by atoms with E-state index in [1.54, 1.807) is 24.3 Å². The lowest BCUT2D eigenvalue weighted by Crippen LogP contribution is -2.66. The maximum atomic E-state index is 13.8. The number of carbonyl (C=O) groups excluding carboxylic acids is 4. The Kier molecular flexibility index (Phi) is 31.7. The third-order valence-electron chi connectivity index (χ3n) is 10.8. The Hall–Kier alpha value is -2.81. The summed E-state index contributed by atoms with van der Waals surface area (Å²) in [6.45, 7) is 6.75. The summed E-state index contributed by atoms with van der Waals surface area (Å²) in [5.74, 6) is -1.21. The number of esters is 2. The first-order chi connectivity index (χ1) is 30.9. The van der Waals surface area contributed by atoms with Gasteiger partial charge in [0.1, 0.15) is 44.2 Å². The zero-order valence-corrected chi connectivity index (χ0v) is 40.6. The van der Waals surface area contributed by atoms with E-state index in [1.807, 2.05) is 6.07 Å². The maximum Gasteiger partial charge on any atom is 0.508 e. The van der Waals surface area contributed by atoms with Gasteiger partial charge in [-0.25, -0.2) is 9.59 Å². The molecule has 16 heteroatoms. The monoisotopic (exact) mass is 963 g/mol. The first-order valence-corrected chi connectivity index (χ1v) is 24.8. The molecule has 1 amide bonds. The van der Waals surface area contributed by atoms with Gasteiger partial charge in [0.05, 0.1) is 13.0 Å². The van der Waals surface area contributed by atoms with Crippen molar-refractivity contribution >= 4 is 59.0 Å². The number of alkyl carbamates (subject to hydrolysis) is 1. The van der Waals surface area contributed by atoms with Crippen molar-refractivity contribution in [1.82, 2.24) is 5.32 Å². The third kappa shape index (κ3) is 27.6. The molecule has 1 aromatic rings. The fraction of sp³-hybridized carbons (Fsp3) is 0.750. The van der Waals surface area contributed by atoms with Gasteiger partial charge in [-0.05, 0) is 24.8 Å². The molecule has 0 saturated carbocycles. The Labute approximate surface area is 397 Å². The van der Waals surface area contributed by atoms with Crippen LogP contribution in [0.1, 0.15) is 167 Å². The number of ether oxygens (including phenoxy) is 7. The first kappa shape index (κ1) is 57.3. The summed E-state index contributed by atoms with van der Waals surface area (Å²) >= 11 is 17.4.